The summed E-state index contributed by atoms with van der Waals surface area (Å²) in [5, 5.41) is 22.3. The van der Waals surface area contributed by atoms with Gasteiger partial charge < -0.3 is 4.57 Å². The maximum Gasteiger partial charge on any atom is 0.236 e. The van der Waals surface area contributed by atoms with E-state index in [1.165, 1.54) is 55.2 Å². The molecular weight excluding hydrogens is 380 g/mol. The molecule has 0 spiro atoms. The summed E-state index contributed by atoms with van der Waals surface area (Å²) in [7, 11) is 0. The highest BCUT2D eigenvalue weighted by Crippen LogP contribution is 2.35. The summed E-state index contributed by atoms with van der Waals surface area (Å²) in [5.74, 6) is 2.01. The van der Waals surface area contributed by atoms with Crippen LogP contribution in [0.3, 0.4) is 0 Å². The summed E-state index contributed by atoms with van der Waals surface area (Å²) in [6, 6.07) is 0. The number of thioether (sulfide) groups is 1. The Balaban J connectivity index is 1.55. The standard InChI is InChI=1S/C18H28N6OS2/c1-4-10-24-15(12(2)3)20-23-18(24)26-11-14(25)19-17-22-21-16(27-17)13-8-6-5-7-9-13/h12-13H,4-11H2,1-3H3,(H,19,22,25). The van der Waals surface area contributed by atoms with Gasteiger partial charge in [-0.2, -0.15) is 0 Å². The topological polar surface area (TPSA) is 85.6 Å². The molecule has 0 saturated heterocycles. The summed E-state index contributed by atoms with van der Waals surface area (Å²) < 4.78 is 2.12. The van der Waals surface area contributed by atoms with E-state index in [0.717, 1.165) is 29.0 Å². The van der Waals surface area contributed by atoms with Crippen LogP contribution in [0.25, 0.3) is 0 Å². The van der Waals surface area contributed by atoms with Crippen LogP contribution in [0.15, 0.2) is 5.16 Å². The summed E-state index contributed by atoms with van der Waals surface area (Å²) in [6.45, 7) is 7.21. The summed E-state index contributed by atoms with van der Waals surface area (Å²) in [5.41, 5.74) is 0. The Kier molecular flexibility index (Phi) is 7.23. The van der Waals surface area contributed by atoms with Crippen LogP contribution in [0.5, 0.6) is 0 Å². The number of nitrogens with zero attached hydrogens (tertiary/aromatic N) is 5. The van der Waals surface area contributed by atoms with Gasteiger partial charge in [0.1, 0.15) is 10.8 Å². The fourth-order valence-corrected chi connectivity index (χ4v) is 5.05. The van der Waals surface area contributed by atoms with Gasteiger partial charge in [-0.15, -0.1) is 20.4 Å². The Bertz CT molecular complexity index is 751. The van der Waals surface area contributed by atoms with Crippen LogP contribution >= 0.6 is 23.1 Å². The predicted octanol–water partition coefficient (Wildman–Crippen LogP) is 4.44. The fourth-order valence-electron chi connectivity index (χ4n) is 3.35. The van der Waals surface area contributed by atoms with Crippen LogP contribution in [-0.2, 0) is 11.3 Å². The lowest BCUT2D eigenvalue weighted by Gasteiger charge is -2.18. The molecule has 0 aromatic carbocycles. The lowest BCUT2D eigenvalue weighted by molar-refractivity contribution is -0.113. The molecule has 0 radical (unpaired) electrons. The first kappa shape index (κ1) is 20.3. The summed E-state index contributed by atoms with van der Waals surface area (Å²) in [4.78, 5) is 12.3. The molecule has 0 bridgehead atoms. The molecule has 1 N–H and O–H groups in total. The monoisotopic (exact) mass is 408 g/mol. The molecular formula is C18H28N6OS2. The van der Waals surface area contributed by atoms with Crippen LogP contribution in [0.2, 0.25) is 0 Å². The van der Waals surface area contributed by atoms with Crippen molar-refractivity contribution in [2.45, 2.75) is 82.8 Å². The Morgan fingerprint density at radius 1 is 1.22 bits per heavy atom. The van der Waals surface area contributed by atoms with E-state index < -0.39 is 0 Å². The quantitative estimate of drug-likeness (QED) is 0.650. The van der Waals surface area contributed by atoms with Crippen LogP contribution in [0.4, 0.5) is 5.13 Å². The van der Waals surface area contributed by atoms with Crippen molar-refractivity contribution in [3.63, 3.8) is 0 Å². The molecule has 1 amide bonds. The third-order valence-corrected chi connectivity index (χ3v) is 6.65. The van der Waals surface area contributed by atoms with E-state index in [0.29, 0.717) is 17.0 Å². The van der Waals surface area contributed by atoms with Crippen LogP contribution < -0.4 is 5.32 Å². The van der Waals surface area contributed by atoms with Crippen LogP contribution in [-0.4, -0.2) is 36.6 Å². The molecule has 2 aromatic rings. The number of rotatable bonds is 8. The van der Waals surface area contributed by atoms with Crippen molar-refractivity contribution < 1.29 is 4.79 Å². The minimum absolute atomic E-state index is 0.0801. The van der Waals surface area contributed by atoms with E-state index >= 15 is 0 Å². The van der Waals surface area contributed by atoms with Gasteiger partial charge in [0.2, 0.25) is 11.0 Å². The minimum atomic E-state index is -0.0801. The second-order valence-corrected chi connectivity index (χ2v) is 9.22. The largest absolute Gasteiger partial charge is 0.306 e. The Hall–Kier alpha value is -1.48. The maximum atomic E-state index is 12.3. The zero-order valence-corrected chi connectivity index (χ0v) is 17.9. The van der Waals surface area contributed by atoms with Gasteiger partial charge >= 0.3 is 0 Å². The van der Waals surface area contributed by atoms with Crippen molar-refractivity contribution in [1.29, 1.82) is 0 Å². The predicted molar refractivity (Wildman–Crippen MR) is 109 cm³/mol. The third-order valence-electron chi connectivity index (χ3n) is 4.68. The van der Waals surface area contributed by atoms with Crippen molar-refractivity contribution >= 4 is 34.1 Å². The third kappa shape index (κ3) is 5.28. The normalized spacial score (nSPS) is 15.4. The minimum Gasteiger partial charge on any atom is -0.306 e. The van der Waals surface area contributed by atoms with Crippen molar-refractivity contribution in [2.75, 3.05) is 11.1 Å². The second-order valence-electron chi connectivity index (χ2n) is 7.26. The molecule has 1 aliphatic rings. The lowest BCUT2D eigenvalue weighted by Crippen LogP contribution is -2.15. The smallest absolute Gasteiger partial charge is 0.236 e. The Morgan fingerprint density at radius 2 is 2.00 bits per heavy atom. The highest BCUT2D eigenvalue weighted by Gasteiger charge is 2.21. The zero-order valence-electron chi connectivity index (χ0n) is 16.3. The Labute approximate surface area is 168 Å². The SMILES string of the molecule is CCCn1c(SCC(=O)Nc2nnc(C3CCCCC3)s2)nnc1C(C)C. The molecule has 9 heteroatoms. The maximum absolute atomic E-state index is 12.3. The van der Waals surface area contributed by atoms with Crippen LogP contribution in [0, 0.1) is 0 Å². The van der Waals surface area contributed by atoms with E-state index in [4.69, 9.17) is 0 Å². The van der Waals surface area contributed by atoms with Crippen molar-refractivity contribution in [3.8, 4) is 0 Å². The second kappa shape index (κ2) is 9.64. The molecule has 148 valence electrons. The van der Waals surface area contributed by atoms with Gasteiger partial charge in [0, 0.05) is 18.4 Å². The first-order chi connectivity index (χ1) is 13.1. The summed E-state index contributed by atoms with van der Waals surface area (Å²) in [6.07, 6.45) is 7.22. The van der Waals surface area contributed by atoms with Gasteiger partial charge in [-0.1, -0.05) is 63.1 Å². The van der Waals surface area contributed by atoms with Gasteiger partial charge in [-0.25, -0.2) is 0 Å². The van der Waals surface area contributed by atoms with Gasteiger partial charge in [0.15, 0.2) is 5.16 Å². The molecule has 7 nitrogen and oxygen atoms in total. The molecule has 3 rings (SSSR count). The van der Waals surface area contributed by atoms with E-state index in [1.807, 2.05) is 0 Å². The number of hydrogen-bond acceptors (Lipinski definition) is 7. The highest BCUT2D eigenvalue weighted by atomic mass is 32.2. The van der Waals surface area contributed by atoms with Crippen molar-refractivity contribution in [3.05, 3.63) is 10.8 Å². The number of carbonyl (C=O) groups excluding carboxylic acids is 1. The number of hydrogen-bond donors (Lipinski definition) is 1. The molecule has 2 heterocycles. The molecule has 1 fully saturated rings. The molecule has 27 heavy (non-hydrogen) atoms. The van der Waals surface area contributed by atoms with Gasteiger partial charge in [-0.3, -0.25) is 10.1 Å². The number of nitrogens with one attached hydrogen (secondary N) is 1. The first-order valence-electron chi connectivity index (χ1n) is 9.77. The average molecular weight is 409 g/mol. The molecule has 0 unspecified atom stereocenters. The lowest BCUT2D eigenvalue weighted by atomic mass is 9.90. The van der Waals surface area contributed by atoms with Crippen molar-refractivity contribution in [1.82, 2.24) is 25.0 Å². The number of amides is 1. The number of aromatic nitrogens is 5. The number of anilines is 1. The Morgan fingerprint density at radius 3 is 2.70 bits per heavy atom. The van der Waals surface area contributed by atoms with Gasteiger partial charge in [-0.05, 0) is 19.3 Å². The molecule has 1 aliphatic carbocycles. The van der Waals surface area contributed by atoms with Gasteiger partial charge in [0.05, 0.1) is 5.75 Å². The molecule has 0 atom stereocenters. The molecule has 1 saturated carbocycles. The number of carbonyl (C=O) groups is 1. The van der Waals surface area contributed by atoms with Crippen LogP contribution in [0.1, 0.15) is 82.0 Å². The summed E-state index contributed by atoms with van der Waals surface area (Å²) >= 11 is 2.93. The van der Waals surface area contributed by atoms with E-state index in [1.54, 1.807) is 0 Å². The zero-order chi connectivity index (χ0) is 19.2. The van der Waals surface area contributed by atoms with E-state index in [-0.39, 0.29) is 11.7 Å². The van der Waals surface area contributed by atoms with Crippen molar-refractivity contribution in [2.24, 2.45) is 0 Å². The van der Waals surface area contributed by atoms with E-state index in [9.17, 15) is 4.79 Å². The average Bonchev–Trinajstić information content (AvgIpc) is 3.28. The van der Waals surface area contributed by atoms with Gasteiger partial charge in [0.25, 0.3) is 0 Å². The molecule has 2 aromatic heterocycles. The van der Waals surface area contributed by atoms with E-state index in [2.05, 4.69) is 51.0 Å². The fraction of sp³-hybridized carbons (Fsp3) is 0.722. The molecule has 0 aliphatic heterocycles. The highest BCUT2D eigenvalue weighted by molar-refractivity contribution is 7.99. The first-order valence-corrected chi connectivity index (χ1v) is 11.6.